The van der Waals surface area contributed by atoms with E-state index in [9.17, 15) is 9.59 Å². The lowest BCUT2D eigenvalue weighted by molar-refractivity contribution is 0.0201. The lowest BCUT2D eigenvalue weighted by atomic mass is 9.95. The fraction of sp³-hybridized carbons (Fsp3) is 0.469. The van der Waals surface area contributed by atoms with Crippen LogP contribution in [0.25, 0.3) is 10.8 Å². The van der Waals surface area contributed by atoms with Crippen molar-refractivity contribution < 1.29 is 13.9 Å². The van der Waals surface area contributed by atoms with Crippen LogP contribution in [-0.4, -0.2) is 66.1 Å². The molecule has 1 N–H and O–H groups in total. The fourth-order valence-electron chi connectivity index (χ4n) is 6.29. The molecule has 2 aromatic carbocycles. The summed E-state index contributed by atoms with van der Waals surface area (Å²) in [6.07, 6.45) is 1.83. The largest absolute Gasteiger partial charge is 0.444 e. The number of likely N-dealkylation sites (tertiary alicyclic amines) is 1. The Bertz CT molecular complexity index is 1700. The Labute approximate surface area is 249 Å². The molecule has 11 heteroatoms. The minimum Gasteiger partial charge on any atom is -0.444 e. The summed E-state index contributed by atoms with van der Waals surface area (Å²) in [4.78, 5) is 28.7. The quantitative estimate of drug-likeness (QED) is 0.352. The van der Waals surface area contributed by atoms with Crippen molar-refractivity contribution in [2.45, 2.75) is 77.6 Å². The minimum atomic E-state index is -0.513. The number of nitrogens with zero attached hydrogens (tertiary/aromatic N) is 6. The van der Waals surface area contributed by atoms with Gasteiger partial charge in [-0.05, 0) is 58.2 Å². The molecule has 1 saturated heterocycles. The summed E-state index contributed by atoms with van der Waals surface area (Å²) in [5, 5.41) is 17.4. The first-order valence-electron chi connectivity index (χ1n) is 14.9. The second-order valence-electron chi connectivity index (χ2n) is 12.8. The Hall–Kier alpha value is -4.12. The number of rotatable bonds is 5. The van der Waals surface area contributed by atoms with E-state index in [1.165, 1.54) is 6.07 Å². The van der Waals surface area contributed by atoms with Gasteiger partial charge in [0.15, 0.2) is 0 Å². The van der Waals surface area contributed by atoms with Crippen molar-refractivity contribution in [3.63, 3.8) is 0 Å². The summed E-state index contributed by atoms with van der Waals surface area (Å²) < 4.78 is 22.8. The summed E-state index contributed by atoms with van der Waals surface area (Å²) in [5.41, 5.74) is 1.55. The summed E-state index contributed by atoms with van der Waals surface area (Å²) in [5.74, 6) is 1.82. The highest BCUT2D eigenvalue weighted by molar-refractivity contribution is 5.83. The minimum absolute atomic E-state index is 0.126. The molecule has 6 rings (SSSR count). The van der Waals surface area contributed by atoms with E-state index in [0.717, 1.165) is 47.7 Å². The molecule has 2 aliphatic heterocycles. The van der Waals surface area contributed by atoms with Gasteiger partial charge in [0.25, 0.3) is 5.56 Å². The Kier molecular flexibility index (Phi) is 7.76. The predicted molar refractivity (Wildman–Crippen MR) is 160 cm³/mol. The van der Waals surface area contributed by atoms with Crippen molar-refractivity contribution in [1.29, 1.82) is 0 Å². The molecule has 43 heavy (non-hydrogen) atoms. The molecule has 2 aromatic heterocycles. The van der Waals surface area contributed by atoms with Crippen molar-refractivity contribution in [3.8, 4) is 0 Å². The van der Waals surface area contributed by atoms with Crippen molar-refractivity contribution in [3.05, 3.63) is 87.1 Å². The molecular weight excluding hydrogens is 549 g/mol. The first-order valence-corrected chi connectivity index (χ1v) is 14.9. The van der Waals surface area contributed by atoms with Crippen LogP contribution in [0.1, 0.15) is 81.0 Å². The zero-order valence-electron chi connectivity index (χ0n) is 25.1. The molecule has 2 aliphatic rings. The van der Waals surface area contributed by atoms with Gasteiger partial charge in [-0.15, -0.1) is 10.2 Å². The monoisotopic (exact) mass is 587 g/mol. The highest BCUT2D eigenvalue weighted by atomic mass is 19.1. The maximum Gasteiger partial charge on any atom is 0.410 e. The van der Waals surface area contributed by atoms with Gasteiger partial charge in [0.05, 0.1) is 17.6 Å². The molecule has 0 aliphatic carbocycles. The van der Waals surface area contributed by atoms with E-state index < -0.39 is 5.60 Å². The average molecular weight is 588 g/mol. The van der Waals surface area contributed by atoms with Crippen LogP contribution in [0.15, 0.2) is 47.3 Å². The molecular formula is C32H38FN7O3. The molecule has 0 radical (unpaired) electrons. The van der Waals surface area contributed by atoms with Gasteiger partial charge in [0, 0.05) is 55.5 Å². The van der Waals surface area contributed by atoms with E-state index in [1.54, 1.807) is 17.0 Å². The van der Waals surface area contributed by atoms with Gasteiger partial charge >= 0.3 is 6.09 Å². The topological polar surface area (TPSA) is 109 Å². The molecule has 0 spiro atoms. The summed E-state index contributed by atoms with van der Waals surface area (Å²) >= 11 is 0. The molecule has 1 unspecified atom stereocenters. The second kappa shape index (κ2) is 11.5. The molecule has 226 valence electrons. The number of hydrogen-bond acceptors (Lipinski definition) is 7. The summed E-state index contributed by atoms with van der Waals surface area (Å²) in [7, 11) is 0. The van der Waals surface area contributed by atoms with Crippen molar-refractivity contribution >= 4 is 16.9 Å². The van der Waals surface area contributed by atoms with E-state index >= 15 is 4.39 Å². The number of carbonyl (C=O) groups is 1. The fourth-order valence-corrected chi connectivity index (χ4v) is 6.29. The van der Waals surface area contributed by atoms with Crippen LogP contribution in [0.2, 0.25) is 0 Å². The number of fused-ring (bicyclic) bond motifs is 2. The molecule has 0 bridgehead atoms. The number of carbonyl (C=O) groups excluding carboxylic acids is 1. The van der Waals surface area contributed by atoms with Crippen molar-refractivity contribution in [2.24, 2.45) is 0 Å². The van der Waals surface area contributed by atoms with Crippen LogP contribution in [0, 0.1) is 5.82 Å². The third-order valence-corrected chi connectivity index (χ3v) is 8.28. The van der Waals surface area contributed by atoms with Crippen LogP contribution in [0.5, 0.6) is 0 Å². The van der Waals surface area contributed by atoms with Gasteiger partial charge in [-0.1, -0.05) is 30.3 Å². The van der Waals surface area contributed by atoms with E-state index in [1.807, 2.05) is 45.0 Å². The molecule has 1 fully saturated rings. The summed E-state index contributed by atoms with van der Waals surface area (Å²) in [6.45, 7) is 10.8. The molecule has 4 heterocycles. The number of nitrogens with one attached hydrogen (secondary N) is 1. The number of H-pyrrole nitrogens is 1. The average Bonchev–Trinajstić information content (AvgIpc) is 3.40. The molecule has 10 nitrogen and oxygen atoms in total. The first-order chi connectivity index (χ1) is 20.6. The second-order valence-corrected chi connectivity index (χ2v) is 12.8. The van der Waals surface area contributed by atoms with Gasteiger partial charge in [0.2, 0.25) is 0 Å². The third kappa shape index (κ3) is 6.17. The Balaban J connectivity index is 1.13. The highest BCUT2D eigenvalue weighted by Gasteiger charge is 2.33. The van der Waals surface area contributed by atoms with Crippen molar-refractivity contribution in [2.75, 3.05) is 19.6 Å². The predicted octanol–water partition coefficient (Wildman–Crippen LogP) is 4.94. The summed E-state index contributed by atoms with van der Waals surface area (Å²) in [6, 6.07) is 12.7. The van der Waals surface area contributed by atoms with Crippen LogP contribution in [-0.2, 0) is 24.2 Å². The number of halogens is 1. The van der Waals surface area contributed by atoms with Crippen LogP contribution in [0.4, 0.5) is 9.18 Å². The zero-order valence-corrected chi connectivity index (χ0v) is 25.1. The highest BCUT2D eigenvalue weighted by Crippen LogP contribution is 2.32. The van der Waals surface area contributed by atoms with E-state index in [-0.39, 0.29) is 29.4 Å². The van der Waals surface area contributed by atoms with E-state index in [4.69, 9.17) is 4.74 Å². The standard InChI is InChI=1S/C32H38FN7O3/c1-20-17-38(19-28-35-36-29(40(20)28)22-11-13-39(14-12-22)31(42)43-32(2,3)4)18-23-15-21(9-10-26(23)33)16-27-24-7-5-6-8-25(24)30(41)37-34-27/h5-10,15,20,22H,11-14,16-19H2,1-4H3,(H,37,41). The maximum absolute atomic E-state index is 15.0. The molecule has 4 aromatic rings. The Morgan fingerprint density at radius 2 is 1.84 bits per heavy atom. The normalized spacial score (nSPS) is 18.2. The zero-order chi connectivity index (χ0) is 30.3. The van der Waals surface area contributed by atoms with E-state index in [2.05, 4.69) is 36.8 Å². The van der Waals surface area contributed by atoms with Gasteiger partial charge < -0.3 is 14.2 Å². The number of ether oxygens (including phenoxy) is 1. The van der Waals surface area contributed by atoms with Crippen LogP contribution < -0.4 is 5.56 Å². The molecule has 1 amide bonds. The van der Waals surface area contributed by atoms with Crippen molar-refractivity contribution in [1.82, 2.24) is 34.8 Å². The van der Waals surface area contributed by atoms with Gasteiger partial charge in [0.1, 0.15) is 23.1 Å². The molecule has 1 atom stereocenters. The SMILES string of the molecule is CC1CN(Cc2cc(Cc3n[nH]c(=O)c4ccccc34)ccc2F)Cc2nnc(C3CCN(C(=O)OC(C)(C)C)CC3)n21. The smallest absolute Gasteiger partial charge is 0.410 e. The number of aromatic nitrogens is 5. The maximum atomic E-state index is 15.0. The Morgan fingerprint density at radius 1 is 1.09 bits per heavy atom. The van der Waals surface area contributed by atoms with Gasteiger partial charge in [-0.3, -0.25) is 9.69 Å². The van der Waals surface area contributed by atoms with Gasteiger partial charge in [-0.25, -0.2) is 14.3 Å². The number of hydrogen-bond donors (Lipinski definition) is 1. The Morgan fingerprint density at radius 3 is 2.58 bits per heavy atom. The number of aromatic amines is 1. The van der Waals surface area contributed by atoms with Gasteiger partial charge in [-0.2, -0.15) is 5.10 Å². The lowest BCUT2D eigenvalue weighted by Gasteiger charge is -2.36. The molecule has 0 saturated carbocycles. The van der Waals surface area contributed by atoms with E-state index in [0.29, 0.717) is 43.5 Å². The number of piperidine rings is 1. The third-order valence-electron chi connectivity index (χ3n) is 8.28. The number of amides is 1. The van der Waals surface area contributed by atoms with Crippen LogP contribution in [0.3, 0.4) is 0 Å². The number of benzene rings is 2. The first kappa shape index (κ1) is 29.0. The lowest BCUT2D eigenvalue weighted by Crippen LogP contribution is -2.42. The van der Waals surface area contributed by atoms with Crippen LogP contribution >= 0.6 is 0 Å².